The molecule has 9 heteroatoms. The van der Waals surface area contributed by atoms with Crippen LogP contribution in [-0.4, -0.2) is 17.0 Å². The Morgan fingerprint density at radius 3 is 2.18 bits per heavy atom. The van der Waals surface area contributed by atoms with Crippen LogP contribution in [0.3, 0.4) is 0 Å². The number of hydrazine groups is 2. The summed E-state index contributed by atoms with van der Waals surface area (Å²) in [4.78, 5) is 22.7. The van der Waals surface area contributed by atoms with Crippen LogP contribution >= 0.6 is 0 Å². The number of quaternary nitrogens is 1. The molecule has 0 fully saturated rings. The largest absolute Gasteiger partial charge is 0.595 e. The highest BCUT2D eigenvalue weighted by atomic mass is 16.8. The maximum atomic E-state index is 11.4. The number of nitrogen functional groups attached to an aromatic ring is 2. The van der Waals surface area contributed by atoms with Gasteiger partial charge >= 0.3 is 0 Å². The third-order valence-electron chi connectivity index (χ3n) is 2.02. The molecule has 0 heterocycles. The first-order chi connectivity index (χ1) is 8.01. The van der Waals surface area contributed by atoms with E-state index in [1.807, 2.05) is 10.9 Å². The van der Waals surface area contributed by atoms with Gasteiger partial charge in [0.05, 0.1) is 11.1 Å². The zero-order chi connectivity index (χ0) is 13.0. The molecule has 0 bridgehead atoms. The molecule has 0 radical (unpaired) electrons. The Morgan fingerprint density at radius 1 is 1.18 bits per heavy atom. The van der Waals surface area contributed by atoms with Crippen molar-refractivity contribution in [2.75, 3.05) is 0 Å². The van der Waals surface area contributed by atoms with Gasteiger partial charge in [-0.25, -0.2) is 16.9 Å². The Bertz CT molecular complexity index is 448. The SMILES string of the molecule is NNC(=O)c1ccc([NH+]([O-])O)cc1C(=O)NN. The van der Waals surface area contributed by atoms with E-state index in [4.69, 9.17) is 16.9 Å². The lowest BCUT2D eigenvalue weighted by Gasteiger charge is -2.14. The first-order valence-electron chi connectivity index (χ1n) is 4.40. The van der Waals surface area contributed by atoms with Gasteiger partial charge in [0.2, 0.25) is 0 Å². The molecule has 0 aromatic heterocycles. The number of nitrogens with two attached hydrogens (primary N) is 2. The average Bonchev–Trinajstić information content (AvgIpc) is 2.35. The predicted molar refractivity (Wildman–Crippen MR) is 55.5 cm³/mol. The lowest BCUT2D eigenvalue weighted by atomic mass is 10.1. The average molecular weight is 241 g/mol. The topological polar surface area (TPSA) is 158 Å². The molecule has 1 atom stereocenters. The Morgan fingerprint density at radius 2 is 1.71 bits per heavy atom. The minimum absolute atomic E-state index is 0.0690. The lowest BCUT2D eigenvalue weighted by Crippen LogP contribution is -2.99. The van der Waals surface area contributed by atoms with Crippen molar-refractivity contribution >= 4 is 17.5 Å². The van der Waals surface area contributed by atoms with Gasteiger partial charge in [0, 0.05) is 12.1 Å². The van der Waals surface area contributed by atoms with Crippen molar-refractivity contribution in [3.63, 3.8) is 0 Å². The molecular formula is C8H11N5O4. The minimum atomic E-state index is -1.23. The Labute approximate surface area is 95.5 Å². The lowest BCUT2D eigenvalue weighted by molar-refractivity contribution is -0.991. The second-order valence-corrected chi connectivity index (χ2v) is 3.01. The highest BCUT2D eigenvalue weighted by Crippen LogP contribution is 2.13. The van der Waals surface area contributed by atoms with E-state index in [-0.39, 0.29) is 16.8 Å². The van der Waals surface area contributed by atoms with Crippen molar-refractivity contribution in [3.8, 4) is 0 Å². The number of carbonyl (C=O) groups is 2. The first-order valence-corrected chi connectivity index (χ1v) is 4.40. The summed E-state index contributed by atoms with van der Waals surface area (Å²) < 4.78 is 0. The molecule has 0 saturated carbocycles. The van der Waals surface area contributed by atoms with E-state index >= 15 is 0 Å². The summed E-state index contributed by atoms with van der Waals surface area (Å²) in [5, 5.41) is 18.3. The highest BCUT2D eigenvalue weighted by Gasteiger charge is 2.18. The van der Waals surface area contributed by atoms with Crippen LogP contribution in [-0.2, 0) is 0 Å². The number of hydrogen-bond donors (Lipinski definition) is 6. The molecule has 1 aromatic rings. The quantitative estimate of drug-likeness (QED) is 0.192. The summed E-state index contributed by atoms with van der Waals surface area (Å²) in [7, 11) is 0. The van der Waals surface area contributed by atoms with Gasteiger partial charge in [0.25, 0.3) is 11.8 Å². The van der Waals surface area contributed by atoms with Crippen molar-refractivity contribution in [3.05, 3.63) is 34.5 Å². The summed E-state index contributed by atoms with van der Waals surface area (Å²) in [6.45, 7) is 0. The summed E-state index contributed by atoms with van der Waals surface area (Å²) in [6, 6.07) is 3.39. The second-order valence-electron chi connectivity index (χ2n) is 3.01. The standard InChI is InChI=1S/C8H11N5O4/c9-11-7(14)5-2-1-4(13(16)17)3-6(5)8(15)12-10/h1-3,13,16H,9-10H2,(H,11,14)(H,12,15). The van der Waals surface area contributed by atoms with Crippen molar-refractivity contribution in [1.29, 1.82) is 0 Å². The van der Waals surface area contributed by atoms with Crippen molar-refractivity contribution in [1.82, 2.24) is 10.9 Å². The number of amides is 2. The van der Waals surface area contributed by atoms with Gasteiger partial charge in [-0.15, -0.1) is 0 Å². The Kier molecular flexibility index (Phi) is 4.09. The zero-order valence-electron chi connectivity index (χ0n) is 8.56. The molecule has 1 aromatic carbocycles. The van der Waals surface area contributed by atoms with Gasteiger partial charge in [0.1, 0.15) is 0 Å². The van der Waals surface area contributed by atoms with Crippen molar-refractivity contribution < 1.29 is 20.0 Å². The molecule has 0 aliphatic rings. The molecule has 17 heavy (non-hydrogen) atoms. The Balaban J connectivity index is 3.31. The zero-order valence-corrected chi connectivity index (χ0v) is 8.56. The van der Waals surface area contributed by atoms with Gasteiger partial charge in [-0.05, 0) is 6.07 Å². The van der Waals surface area contributed by atoms with E-state index in [1.54, 1.807) is 0 Å². The fourth-order valence-electron chi connectivity index (χ4n) is 1.22. The van der Waals surface area contributed by atoms with Gasteiger partial charge < -0.3 is 5.21 Å². The molecule has 0 aliphatic carbocycles. The van der Waals surface area contributed by atoms with Gasteiger partial charge in [0.15, 0.2) is 5.69 Å². The van der Waals surface area contributed by atoms with Crippen LogP contribution in [0, 0.1) is 5.21 Å². The van der Waals surface area contributed by atoms with Crippen LogP contribution in [0.2, 0.25) is 0 Å². The van der Waals surface area contributed by atoms with E-state index in [0.717, 1.165) is 6.07 Å². The van der Waals surface area contributed by atoms with E-state index in [0.29, 0.717) is 0 Å². The molecule has 0 spiro atoms. The summed E-state index contributed by atoms with van der Waals surface area (Å²) in [6.07, 6.45) is 0. The molecule has 1 rings (SSSR count). The van der Waals surface area contributed by atoms with Crippen LogP contribution in [0.15, 0.2) is 18.2 Å². The number of nitrogens with one attached hydrogen (secondary N) is 3. The third kappa shape index (κ3) is 2.75. The third-order valence-corrected chi connectivity index (χ3v) is 2.02. The molecule has 9 nitrogen and oxygen atoms in total. The molecular weight excluding hydrogens is 230 g/mol. The fraction of sp³-hybridized carbons (Fsp3) is 0. The molecule has 92 valence electrons. The summed E-state index contributed by atoms with van der Waals surface area (Å²) in [5.74, 6) is 8.36. The summed E-state index contributed by atoms with van der Waals surface area (Å²) in [5.41, 5.74) is 3.27. The molecule has 0 saturated heterocycles. The van der Waals surface area contributed by atoms with Crippen LogP contribution in [0.1, 0.15) is 20.7 Å². The van der Waals surface area contributed by atoms with E-state index < -0.39 is 17.0 Å². The number of rotatable bonds is 3. The van der Waals surface area contributed by atoms with E-state index in [9.17, 15) is 14.8 Å². The minimum Gasteiger partial charge on any atom is -0.595 e. The van der Waals surface area contributed by atoms with Crippen LogP contribution in [0.25, 0.3) is 0 Å². The number of benzene rings is 1. The van der Waals surface area contributed by atoms with Gasteiger partial charge in [-0.3, -0.25) is 20.4 Å². The van der Waals surface area contributed by atoms with Gasteiger partial charge in [-0.2, -0.15) is 5.23 Å². The Hall–Kier alpha value is -2.04. The predicted octanol–water partition coefficient (Wildman–Crippen LogP) is -2.70. The van der Waals surface area contributed by atoms with Crippen LogP contribution < -0.4 is 27.8 Å². The van der Waals surface area contributed by atoms with E-state index in [1.165, 1.54) is 12.1 Å². The van der Waals surface area contributed by atoms with Crippen molar-refractivity contribution in [2.45, 2.75) is 0 Å². The first kappa shape index (κ1) is 13.0. The number of carbonyl (C=O) groups excluding carboxylic acids is 2. The number of hydrogen-bond acceptors (Lipinski definition) is 6. The van der Waals surface area contributed by atoms with Gasteiger partial charge in [-0.1, -0.05) is 0 Å². The molecule has 2 amide bonds. The maximum absolute atomic E-state index is 11.4. The molecule has 0 aliphatic heterocycles. The highest BCUT2D eigenvalue weighted by molar-refractivity contribution is 6.07. The van der Waals surface area contributed by atoms with Crippen LogP contribution in [0.4, 0.5) is 5.69 Å². The fourth-order valence-corrected chi connectivity index (χ4v) is 1.22. The maximum Gasteiger partial charge on any atom is 0.266 e. The van der Waals surface area contributed by atoms with Crippen LogP contribution in [0.5, 0.6) is 0 Å². The second kappa shape index (κ2) is 5.34. The molecule has 1 unspecified atom stereocenters. The smallest absolute Gasteiger partial charge is 0.266 e. The van der Waals surface area contributed by atoms with E-state index in [2.05, 4.69) is 0 Å². The monoisotopic (exact) mass is 241 g/mol. The summed E-state index contributed by atoms with van der Waals surface area (Å²) >= 11 is 0. The van der Waals surface area contributed by atoms with Crippen molar-refractivity contribution in [2.24, 2.45) is 11.7 Å². The normalized spacial score (nSPS) is 11.8. The molecule has 8 N–H and O–H groups in total.